The van der Waals surface area contributed by atoms with Crippen molar-refractivity contribution in [3.8, 4) is 5.75 Å². The number of primary amides is 1. The first-order valence-corrected chi connectivity index (χ1v) is 8.43. The monoisotopic (exact) mass is 338 g/mol. The van der Waals surface area contributed by atoms with Crippen LogP contribution in [0.4, 0.5) is 0 Å². The van der Waals surface area contributed by atoms with Gasteiger partial charge < -0.3 is 15.8 Å². The van der Waals surface area contributed by atoms with E-state index in [-0.39, 0.29) is 5.91 Å². The summed E-state index contributed by atoms with van der Waals surface area (Å²) in [6, 6.07) is 12.5. The molecule has 25 heavy (non-hydrogen) atoms. The van der Waals surface area contributed by atoms with Crippen molar-refractivity contribution in [2.75, 3.05) is 13.7 Å². The van der Waals surface area contributed by atoms with Gasteiger partial charge in [-0.25, -0.2) is 0 Å². The van der Waals surface area contributed by atoms with Gasteiger partial charge in [0.05, 0.1) is 7.11 Å². The molecule has 2 aromatic carbocycles. The van der Waals surface area contributed by atoms with Crippen LogP contribution in [0.2, 0.25) is 0 Å². The molecule has 5 nitrogen and oxygen atoms in total. The third-order valence-electron chi connectivity index (χ3n) is 4.73. The number of nitrogens with two attached hydrogens (primary N) is 1. The highest BCUT2D eigenvalue weighted by molar-refractivity contribution is 5.97. The first-order chi connectivity index (χ1) is 12.1. The van der Waals surface area contributed by atoms with E-state index in [4.69, 9.17) is 10.5 Å². The standard InChI is InChI=1S/C20H22N2O3/c1-25-17-9-10-18-15(11-17)3-2-4-16(18)12-22-20(24)14-7-5-13(6-8-14)19(21)23/h5-11,16H,2-4,12H2,1H3,(H2,21,23)(H,22,24)/t16-/m1/s1. The van der Waals surface area contributed by atoms with Gasteiger partial charge in [0.15, 0.2) is 0 Å². The van der Waals surface area contributed by atoms with Crippen LogP contribution in [-0.2, 0) is 6.42 Å². The van der Waals surface area contributed by atoms with Crippen molar-refractivity contribution in [3.05, 3.63) is 64.7 Å². The van der Waals surface area contributed by atoms with Crippen molar-refractivity contribution in [2.24, 2.45) is 5.73 Å². The Kier molecular flexibility index (Phi) is 5.03. The van der Waals surface area contributed by atoms with Gasteiger partial charge in [-0.2, -0.15) is 0 Å². The molecule has 3 rings (SSSR count). The molecule has 0 fully saturated rings. The number of benzene rings is 2. The lowest BCUT2D eigenvalue weighted by molar-refractivity contribution is 0.0947. The Hall–Kier alpha value is -2.82. The molecule has 5 heteroatoms. The van der Waals surface area contributed by atoms with Gasteiger partial charge >= 0.3 is 0 Å². The lowest BCUT2D eigenvalue weighted by Crippen LogP contribution is -2.30. The predicted octanol–water partition coefficient (Wildman–Crippen LogP) is 2.64. The molecule has 0 unspecified atom stereocenters. The van der Waals surface area contributed by atoms with Crippen LogP contribution in [0.5, 0.6) is 5.75 Å². The average molecular weight is 338 g/mol. The normalized spacial score (nSPS) is 16.0. The van der Waals surface area contributed by atoms with Crippen molar-refractivity contribution in [1.82, 2.24) is 5.32 Å². The van der Waals surface area contributed by atoms with Crippen LogP contribution in [-0.4, -0.2) is 25.5 Å². The second kappa shape index (κ2) is 7.38. The number of hydrogen-bond acceptors (Lipinski definition) is 3. The number of carbonyl (C=O) groups is 2. The molecule has 2 aromatic rings. The second-order valence-corrected chi connectivity index (χ2v) is 6.31. The molecule has 3 N–H and O–H groups in total. The fraction of sp³-hybridized carbons (Fsp3) is 0.300. The van der Waals surface area contributed by atoms with Gasteiger partial charge in [0.25, 0.3) is 5.91 Å². The molecular formula is C20H22N2O3. The Labute approximate surface area is 147 Å². The summed E-state index contributed by atoms with van der Waals surface area (Å²) in [5, 5.41) is 3.00. The third kappa shape index (κ3) is 3.82. The summed E-state index contributed by atoms with van der Waals surface area (Å²) in [5.41, 5.74) is 8.72. The first-order valence-electron chi connectivity index (χ1n) is 8.43. The van der Waals surface area contributed by atoms with E-state index in [1.807, 2.05) is 6.07 Å². The average Bonchev–Trinajstić information content (AvgIpc) is 2.65. The minimum Gasteiger partial charge on any atom is -0.497 e. The maximum Gasteiger partial charge on any atom is 0.251 e. The quantitative estimate of drug-likeness (QED) is 0.879. The largest absolute Gasteiger partial charge is 0.497 e. The van der Waals surface area contributed by atoms with Crippen LogP contribution in [0, 0.1) is 0 Å². The van der Waals surface area contributed by atoms with Gasteiger partial charge in [-0.05, 0) is 66.8 Å². The van der Waals surface area contributed by atoms with Gasteiger partial charge in [0.2, 0.25) is 5.91 Å². The zero-order valence-corrected chi connectivity index (χ0v) is 14.2. The molecule has 2 amide bonds. The highest BCUT2D eigenvalue weighted by Gasteiger charge is 2.21. The molecule has 1 aliphatic rings. The van der Waals surface area contributed by atoms with Gasteiger partial charge in [0, 0.05) is 23.6 Å². The number of rotatable bonds is 5. The molecule has 0 spiro atoms. The second-order valence-electron chi connectivity index (χ2n) is 6.31. The third-order valence-corrected chi connectivity index (χ3v) is 4.73. The minimum absolute atomic E-state index is 0.142. The highest BCUT2D eigenvalue weighted by atomic mass is 16.5. The molecule has 130 valence electrons. The van der Waals surface area contributed by atoms with Gasteiger partial charge in [-0.1, -0.05) is 6.07 Å². The molecule has 0 aromatic heterocycles. The van der Waals surface area contributed by atoms with E-state index in [2.05, 4.69) is 17.4 Å². The van der Waals surface area contributed by atoms with Crippen LogP contribution in [0.25, 0.3) is 0 Å². The molecule has 1 atom stereocenters. The predicted molar refractivity (Wildman–Crippen MR) is 96.0 cm³/mol. The lowest BCUT2D eigenvalue weighted by atomic mass is 9.82. The van der Waals surface area contributed by atoms with E-state index in [0.717, 1.165) is 25.0 Å². The first kappa shape index (κ1) is 17.0. The maximum absolute atomic E-state index is 12.3. The number of fused-ring (bicyclic) bond motifs is 1. The number of methoxy groups -OCH3 is 1. The zero-order valence-electron chi connectivity index (χ0n) is 14.2. The smallest absolute Gasteiger partial charge is 0.251 e. The molecule has 1 aliphatic carbocycles. The fourth-order valence-corrected chi connectivity index (χ4v) is 3.33. The van der Waals surface area contributed by atoms with Crippen LogP contribution in [0.1, 0.15) is 50.6 Å². The molecular weight excluding hydrogens is 316 g/mol. The Morgan fingerprint density at radius 3 is 2.56 bits per heavy atom. The fourth-order valence-electron chi connectivity index (χ4n) is 3.33. The van der Waals surface area contributed by atoms with E-state index < -0.39 is 5.91 Å². The van der Waals surface area contributed by atoms with E-state index >= 15 is 0 Å². The summed E-state index contributed by atoms with van der Waals surface area (Å²) in [5.74, 6) is 0.541. The number of ether oxygens (including phenoxy) is 1. The summed E-state index contributed by atoms with van der Waals surface area (Å²) < 4.78 is 5.30. The van der Waals surface area contributed by atoms with Crippen molar-refractivity contribution in [1.29, 1.82) is 0 Å². The Bertz CT molecular complexity index is 784. The minimum atomic E-state index is -0.499. The van der Waals surface area contributed by atoms with E-state index in [1.54, 1.807) is 31.4 Å². The number of hydrogen-bond donors (Lipinski definition) is 2. The topological polar surface area (TPSA) is 81.4 Å². The summed E-state index contributed by atoms with van der Waals surface area (Å²) in [6.45, 7) is 0.593. The van der Waals surface area contributed by atoms with Crippen LogP contribution >= 0.6 is 0 Å². The Morgan fingerprint density at radius 2 is 1.88 bits per heavy atom. The lowest BCUT2D eigenvalue weighted by Gasteiger charge is -2.26. The van der Waals surface area contributed by atoms with Crippen LogP contribution in [0.3, 0.4) is 0 Å². The van der Waals surface area contributed by atoms with Gasteiger partial charge in [-0.15, -0.1) is 0 Å². The van der Waals surface area contributed by atoms with Crippen LogP contribution < -0.4 is 15.8 Å². The van der Waals surface area contributed by atoms with Gasteiger partial charge in [0.1, 0.15) is 5.75 Å². The molecule has 0 heterocycles. The van der Waals surface area contributed by atoms with E-state index in [0.29, 0.717) is 23.6 Å². The Morgan fingerprint density at radius 1 is 1.16 bits per heavy atom. The van der Waals surface area contributed by atoms with Crippen molar-refractivity contribution in [2.45, 2.75) is 25.2 Å². The number of aryl methyl sites for hydroxylation is 1. The molecule has 0 aliphatic heterocycles. The number of nitrogens with one attached hydrogen (secondary N) is 1. The van der Waals surface area contributed by atoms with Crippen molar-refractivity contribution >= 4 is 11.8 Å². The zero-order chi connectivity index (χ0) is 17.8. The molecule has 0 saturated carbocycles. The van der Waals surface area contributed by atoms with E-state index in [1.165, 1.54) is 11.1 Å². The molecule has 0 radical (unpaired) electrons. The Balaban J connectivity index is 1.66. The van der Waals surface area contributed by atoms with Crippen molar-refractivity contribution < 1.29 is 14.3 Å². The highest BCUT2D eigenvalue weighted by Crippen LogP contribution is 2.33. The molecule has 0 saturated heterocycles. The van der Waals surface area contributed by atoms with E-state index in [9.17, 15) is 9.59 Å². The maximum atomic E-state index is 12.3. The SMILES string of the molecule is COc1ccc2c(c1)CCC[C@@H]2CNC(=O)c1ccc(C(N)=O)cc1. The summed E-state index contributed by atoms with van der Waals surface area (Å²) in [4.78, 5) is 23.4. The number of carbonyl (C=O) groups excluding carboxylic acids is 2. The number of amides is 2. The summed E-state index contributed by atoms with van der Waals surface area (Å²) in [6.07, 6.45) is 3.21. The molecule has 0 bridgehead atoms. The summed E-state index contributed by atoms with van der Waals surface area (Å²) in [7, 11) is 1.67. The summed E-state index contributed by atoms with van der Waals surface area (Å²) >= 11 is 0. The van der Waals surface area contributed by atoms with Crippen molar-refractivity contribution in [3.63, 3.8) is 0 Å². The van der Waals surface area contributed by atoms with Crippen LogP contribution in [0.15, 0.2) is 42.5 Å². The van der Waals surface area contributed by atoms with Gasteiger partial charge in [-0.3, -0.25) is 9.59 Å².